The van der Waals surface area contributed by atoms with Crippen LogP contribution in [0.1, 0.15) is 47.2 Å². The van der Waals surface area contributed by atoms with E-state index in [-0.39, 0.29) is 24.2 Å². The van der Waals surface area contributed by atoms with Gasteiger partial charge in [0.05, 0.1) is 18.2 Å². The van der Waals surface area contributed by atoms with Crippen LogP contribution in [0.4, 0.5) is 10.1 Å². The van der Waals surface area contributed by atoms with Crippen molar-refractivity contribution in [1.29, 1.82) is 0 Å². The summed E-state index contributed by atoms with van der Waals surface area (Å²) in [5, 5.41) is 2.47. The van der Waals surface area contributed by atoms with E-state index in [4.69, 9.17) is 11.6 Å². The summed E-state index contributed by atoms with van der Waals surface area (Å²) < 4.78 is 14.1. The monoisotopic (exact) mass is 620 g/mol. The van der Waals surface area contributed by atoms with Crippen LogP contribution in [0.25, 0.3) is 0 Å². The van der Waals surface area contributed by atoms with Crippen LogP contribution < -0.4 is 4.90 Å². The Morgan fingerprint density at radius 2 is 1.83 bits per heavy atom. The molecule has 0 spiro atoms. The number of likely N-dealkylation sites (tertiary alicyclic amines) is 1. The fraction of sp³-hybridized carbons (Fsp3) is 0.353. The molecule has 3 aliphatic rings. The van der Waals surface area contributed by atoms with Gasteiger partial charge in [0.25, 0.3) is 0 Å². The average Bonchev–Trinajstić information content (AvgIpc) is 3.43. The number of benzene rings is 3. The van der Waals surface area contributed by atoms with Gasteiger partial charge in [0.1, 0.15) is 5.82 Å². The molecule has 1 amide bonds. The normalized spacial score (nSPS) is 19.3. The van der Waals surface area contributed by atoms with Gasteiger partial charge < -0.3 is 9.80 Å². The van der Waals surface area contributed by atoms with Crippen molar-refractivity contribution in [3.05, 3.63) is 105 Å². The maximum Gasteiger partial charge on any atom is 0.236 e. The molecule has 0 unspecified atom stereocenters. The second-order valence-electron chi connectivity index (χ2n) is 11.4. The standard InChI is InChI=1S/C34H34ClFN2O2S2/c35-29-10-9-27(36)18-26(29)20-38-30-19-25(8-11-32(30)42-33-22-41-21-28(33)34(38)40)31(39)7-4-14-37-15-12-24(13-16-37)17-23-5-2-1-3-6-23/h1-3,5-6,8-11,18-19,22,24,28H,4,7,12-17,20-21H2/t28-/m1/s1. The maximum absolute atomic E-state index is 14.1. The number of fused-ring (bicyclic) bond motifs is 2. The molecule has 0 aromatic heterocycles. The Hall–Kier alpha value is -2.58. The third kappa shape index (κ3) is 6.80. The number of hydrogen-bond acceptors (Lipinski definition) is 5. The highest BCUT2D eigenvalue weighted by Crippen LogP contribution is 2.48. The van der Waals surface area contributed by atoms with Crippen LogP contribution >= 0.6 is 35.1 Å². The molecule has 1 fully saturated rings. The summed E-state index contributed by atoms with van der Waals surface area (Å²) in [6.07, 6.45) is 4.80. The molecule has 3 aromatic rings. The van der Waals surface area contributed by atoms with Crippen LogP contribution in [0.2, 0.25) is 5.02 Å². The predicted molar refractivity (Wildman–Crippen MR) is 172 cm³/mol. The van der Waals surface area contributed by atoms with Gasteiger partial charge in [0.2, 0.25) is 5.91 Å². The lowest BCUT2D eigenvalue weighted by molar-refractivity contribution is -0.120. The molecular formula is C34H34ClFN2O2S2. The Labute approximate surface area is 260 Å². The van der Waals surface area contributed by atoms with Crippen molar-refractivity contribution in [2.45, 2.75) is 43.5 Å². The third-order valence-corrected chi connectivity index (χ3v) is 11.1. The molecule has 3 heterocycles. The third-order valence-electron chi connectivity index (χ3n) is 8.46. The minimum absolute atomic E-state index is 0.0434. The Kier molecular flexibility index (Phi) is 9.39. The number of Topliss-reactive ketones (excluding diaryl/α,β-unsaturated/α-hetero) is 1. The minimum atomic E-state index is -0.396. The van der Waals surface area contributed by atoms with Crippen molar-refractivity contribution in [2.24, 2.45) is 11.8 Å². The quantitative estimate of drug-likeness (QED) is 0.225. The Morgan fingerprint density at radius 1 is 1.02 bits per heavy atom. The van der Waals surface area contributed by atoms with E-state index in [0.717, 1.165) is 48.2 Å². The highest BCUT2D eigenvalue weighted by atomic mass is 35.5. The van der Waals surface area contributed by atoms with Gasteiger partial charge in [0, 0.05) is 32.6 Å². The average molecular weight is 621 g/mol. The van der Waals surface area contributed by atoms with Gasteiger partial charge in [-0.15, -0.1) is 11.8 Å². The second kappa shape index (κ2) is 13.4. The lowest BCUT2D eigenvalue weighted by Crippen LogP contribution is -2.36. The van der Waals surface area contributed by atoms with Crippen LogP contribution in [0.5, 0.6) is 0 Å². The first-order valence-corrected chi connectivity index (χ1v) is 16.9. The van der Waals surface area contributed by atoms with Crippen molar-refractivity contribution in [3.63, 3.8) is 0 Å². The minimum Gasteiger partial charge on any atom is -0.306 e. The van der Waals surface area contributed by atoms with Crippen molar-refractivity contribution in [1.82, 2.24) is 4.90 Å². The van der Waals surface area contributed by atoms with Crippen LogP contribution in [0, 0.1) is 17.7 Å². The topological polar surface area (TPSA) is 40.6 Å². The molecule has 0 bridgehead atoms. The summed E-state index contributed by atoms with van der Waals surface area (Å²) >= 11 is 9.63. The number of hydrogen-bond donors (Lipinski definition) is 0. The number of rotatable bonds is 9. The fourth-order valence-corrected chi connectivity index (χ4v) is 8.68. The highest BCUT2D eigenvalue weighted by molar-refractivity contribution is 8.07. The number of ketones is 1. The summed E-state index contributed by atoms with van der Waals surface area (Å²) in [4.78, 5) is 33.2. The molecule has 4 nitrogen and oxygen atoms in total. The summed E-state index contributed by atoms with van der Waals surface area (Å²) in [5.74, 6) is 0.792. The molecule has 8 heteroatoms. The number of anilines is 1. The molecule has 0 radical (unpaired) electrons. The Balaban J connectivity index is 1.11. The lowest BCUT2D eigenvalue weighted by Gasteiger charge is -2.32. The zero-order valence-electron chi connectivity index (χ0n) is 23.4. The molecule has 0 saturated carbocycles. The molecule has 3 aromatic carbocycles. The Bertz CT molecular complexity index is 1490. The number of piperidine rings is 1. The molecule has 218 valence electrons. The van der Waals surface area contributed by atoms with Gasteiger partial charge in [-0.05, 0) is 98.1 Å². The lowest BCUT2D eigenvalue weighted by atomic mass is 9.90. The van der Waals surface area contributed by atoms with E-state index in [1.54, 1.807) is 28.4 Å². The van der Waals surface area contributed by atoms with E-state index in [1.807, 2.05) is 18.2 Å². The van der Waals surface area contributed by atoms with E-state index in [1.165, 1.54) is 36.6 Å². The van der Waals surface area contributed by atoms with Gasteiger partial charge in [0.15, 0.2) is 5.78 Å². The summed E-state index contributed by atoms with van der Waals surface area (Å²) in [5.41, 5.74) is 3.26. The van der Waals surface area contributed by atoms with Crippen molar-refractivity contribution < 1.29 is 14.0 Å². The summed E-state index contributed by atoms with van der Waals surface area (Å²) in [6, 6.07) is 20.6. The first-order valence-electron chi connectivity index (χ1n) is 14.6. The van der Waals surface area contributed by atoms with E-state index in [0.29, 0.717) is 34.0 Å². The van der Waals surface area contributed by atoms with Crippen LogP contribution in [-0.2, 0) is 17.8 Å². The van der Waals surface area contributed by atoms with Crippen molar-refractivity contribution >= 4 is 52.5 Å². The molecule has 3 aliphatic heterocycles. The first-order chi connectivity index (χ1) is 20.4. The maximum atomic E-state index is 14.1. The number of nitrogens with zero attached hydrogens (tertiary/aromatic N) is 2. The number of halogens is 2. The SMILES string of the molecule is O=C(CCCN1CCC(Cc2ccccc2)CC1)c1ccc2c(c1)N(Cc1cc(F)ccc1Cl)C(=O)[C@@H]1CSC=C1S2. The number of thioether (sulfide) groups is 2. The predicted octanol–water partition coefficient (Wildman–Crippen LogP) is 8.24. The number of carbonyl (C=O) groups excluding carboxylic acids is 2. The number of carbonyl (C=O) groups is 2. The largest absolute Gasteiger partial charge is 0.306 e. The second-order valence-corrected chi connectivity index (χ2v) is 13.8. The van der Waals surface area contributed by atoms with Gasteiger partial charge in [-0.3, -0.25) is 9.59 Å². The molecule has 6 rings (SSSR count). The van der Waals surface area contributed by atoms with E-state index >= 15 is 0 Å². The first kappa shape index (κ1) is 29.5. The Morgan fingerprint density at radius 3 is 2.64 bits per heavy atom. The number of amides is 1. The van der Waals surface area contributed by atoms with E-state index in [9.17, 15) is 14.0 Å². The van der Waals surface area contributed by atoms with E-state index < -0.39 is 5.82 Å². The molecule has 0 N–H and O–H groups in total. The van der Waals surface area contributed by atoms with Crippen LogP contribution in [0.15, 0.2) is 81.9 Å². The smallest absolute Gasteiger partial charge is 0.236 e. The van der Waals surface area contributed by atoms with Gasteiger partial charge in [-0.2, -0.15) is 0 Å². The summed E-state index contributed by atoms with van der Waals surface area (Å²) in [6.45, 7) is 3.23. The molecule has 1 saturated heterocycles. The van der Waals surface area contributed by atoms with E-state index in [2.05, 4.69) is 40.6 Å². The molecular weight excluding hydrogens is 587 g/mol. The molecule has 42 heavy (non-hydrogen) atoms. The highest BCUT2D eigenvalue weighted by Gasteiger charge is 2.37. The van der Waals surface area contributed by atoms with Gasteiger partial charge in [-0.1, -0.05) is 59.8 Å². The van der Waals surface area contributed by atoms with Gasteiger partial charge >= 0.3 is 0 Å². The zero-order valence-corrected chi connectivity index (χ0v) is 25.8. The van der Waals surface area contributed by atoms with Crippen molar-refractivity contribution in [2.75, 3.05) is 30.3 Å². The molecule has 0 aliphatic carbocycles. The zero-order chi connectivity index (χ0) is 29.1. The summed E-state index contributed by atoms with van der Waals surface area (Å²) in [7, 11) is 0. The van der Waals surface area contributed by atoms with Crippen molar-refractivity contribution in [3.8, 4) is 0 Å². The van der Waals surface area contributed by atoms with Crippen LogP contribution in [0.3, 0.4) is 0 Å². The van der Waals surface area contributed by atoms with Crippen LogP contribution in [-0.4, -0.2) is 42.0 Å². The van der Waals surface area contributed by atoms with Gasteiger partial charge in [-0.25, -0.2) is 4.39 Å². The fourth-order valence-electron chi connectivity index (χ4n) is 6.07. The molecule has 1 atom stereocenters.